The normalized spacial score (nSPS) is 11.8. The number of para-hydroxylation sites is 1. The van der Waals surface area contributed by atoms with Crippen molar-refractivity contribution < 1.29 is 19.1 Å². The average molecular weight is 325 g/mol. The van der Waals surface area contributed by atoms with E-state index >= 15 is 0 Å². The van der Waals surface area contributed by atoms with Crippen LogP contribution in [0.5, 0.6) is 5.75 Å². The monoisotopic (exact) mass is 325 g/mol. The first-order chi connectivity index (χ1) is 11.6. The molecule has 0 aliphatic heterocycles. The van der Waals surface area contributed by atoms with Gasteiger partial charge in [0.2, 0.25) is 0 Å². The Kier molecular flexibility index (Phi) is 6.14. The quantitative estimate of drug-likeness (QED) is 0.654. The molecule has 0 aliphatic rings. The second-order valence-corrected chi connectivity index (χ2v) is 5.04. The molecule has 0 aromatic heterocycles. The number of hydrogen-bond acceptors (Lipinski definition) is 4. The lowest BCUT2D eigenvalue weighted by molar-refractivity contribution is -0.148. The smallest absolute Gasteiger partial charge is 0.331 e. The summed E-state index contributed by atoms with van der Waals surface area (Å²) in [4.78, 5) is 23.8. The summed E-state index contributed by atoms with van der Waals surface area (Å²) < 4.78 is 10.2. The summed E-state index contributed by atoms with van der Waals surface area (Å²) >= 11 is 0. The van der Waals surface area contributed by atoms with Gasteiger partial charge in [-0.1, -0.05) is 30.3 Å². The summed E-state index contributed by atoms with van der Waals surface area (Å²) in [5.74, 6) is -0.227. The molecule has 1 amide bonds. The van der Waals surface area contributed by atoms with Crippen LogP contribution in [0.1, 0.15) is 12.5 Å². The van der Waals surface area contributed by atoms with Crippen LogP contribution < -0.4 is 10.1 Å². The molecule has 0 unspecified atom stereocenters. The topological polar surface area (TPSA) is 64.6 Å². The van der Waals surface area contributed by atoms with Gasteiger partial charge < -0.3 is 14.8 Å². The number of anilines is 1. The molecular weight excluding hydrogens is 306 g/mol. The number of carbonyl (C=O) groups is 2. The van der Waals surface area contributed by atoms with Crippen LogP contribution in [0.15, 0.2) is 60.7 Å². The third-order valence-corrected chi connectivity index (χ3v) is 3.23. The summed E-state index contributed by atoms with van der Waals surface area (Å²) in [5, 5.41) is 2.68. The molecule has 5 heteroatoms. The molecule has 2 rings (SSSR count). The Bertz CT molecular complexity index is 708. The van der Waals surface area contributed by atoms with E-state index in [1.54, 1.807) is 37.5 Å². The van der Waals surface area contributed by atoms with Crippen LogP contribution in [0.2, 0.25) is 0 Å². The first-order valence-electron chi connectivity index (χ1n) is 7.47. The molecule has 124 valence electrons. The summed E-state index contributed by atoms with van der Waals surface area (Å²) in [6.07, 6.45) is 2.01. The molecule has 0 saturated carbocycles. The molecule has 5 nitrogen and oxygen atoms in total. The van der Waals surface area contributed by atoms with Crippen LogP contribution in [0.4, 0.5) is 5.69 Å². The number of rotatable bonds is 6. The Morgan fingerprint density at radius 3 is 2.33 bits per heavy atom. The molecule has 24 heavy (non-hydrogen) atoms. The minimum Gasteiger partial charge on any atom is -0.497 e. The van der Waals surface area contributed by atoms with Crippen molar-refractivity contribution in [3.05, 3.63) is 66.2 Å². The predicted molar refractivity (Wildman–Crippen MR) is 92.7 cm³/mol. The fourth-order valence-electron chi connectivity index (χ4n) is 1.91. The van der Waals surface area contributed by atoms with Crippen LogP contribution in [-0.4, -0.2) is 25.1 Å². The van der Waals surface area contributed by atoms with Crippen molar-refractivity contribution in [2.24, 2.45) is 0 Å². The summed E-state index contributed by atoms with van der Waals surface area (Å²) in [6.45, 7) is 1.53. The number of esters is 1. The molecule has 0 spiro atoms. The minimum atomic E-state index is -0.891. The first kappa shape index (κ1) is 17.3. The van der Waals surface area contributed by atoms with Crippen LogP contribution in [0, 0.1) is 0 Å². The summed E-state index contributed by atoms with van der Waals surface area (Å²) in [5.41, 5.74) is 1.48. The van der Waals surface area contributed by atoms with Gasteiger partial charge in [0, 0.05) is 11.8 Å². The minimum absolute atomic E-state index is 0.382. The lowest BCUT2D eigenvalue weighted by Gasteiger charge is -2.12. The number of carbonyl (C=O) groups excluding carboxylic acids is 2. The SMILES string of the molecule is COc1ccc(/C=C/C(=O)O[C@@H](C)C(=O)Nc2ccccc2)cc1. The van der Waals surface area contributed by atoms with Gasteiger partial charge in [0.25, 0.3) is 5.91 Å². The Labute approximate surface area is 140 Å². The molecule has 1 atom stereocenters. The van der Waals surface area contributed by atoms with Crippen LogP contribution >= 0.6 is 0 Å². The van der Waals surface area contributed by atoms with E-state index < -0.39 is 12.1 Å². The van der Waals surface area contributed by atoms with E-state index in [4.69, 9.17) is 9.47 Å². The average Bonchev–Trinajstić information content (AvgIpc) is 2.61. The molecule has 0 saturated heterocycles. The standard InChI is InChI=1S/C19H19NO4/c1-14(19(22)20-16-6-4-3-5-7-16)24-18(21)13-10-15-8-11-17(23-2)12-9-15/h3-14H,1-2H3,(H,20,22)/b13-10+/t14-/m0/s1. The van der Waals surface area contributed by atoms with Crippen molar-refractivity contribution in [2.45, 2.75) is 13.0 Å². The van der Waals surface area contributed by atoms with Gasteiger partial charge >= 0.3 is 5.97 Å². The second-order valence-electron chi connectivity index (χ2n) is 5.04. The number of benzene rings is 2. The molecule has 0 radical (unpaired) electrons. The first-order valence-corrected chi connectivity index (χ1v) is 7.47. The fourth-order valence-corrected chi connectivity index (χ4v) is 1.91. The van der Waals surface area contributed by atoms with Crippen LogP contribution in [-0.2, 0) is 14.3 Å². The van der Waals surface area contributed by atoms with Crippen molar-refractivity contribution in [1.29, 1.82) is 0 Å². The third-order valence-electron chi connectivity index (χ3n) is 3.23. The Hall–Kier alpha value is -3.08. The zero-order valence-electron chi connectivity index (χ0n) is 13.6. The van der Waals surface area contributed by atoms with Gasteiger partial charge in [-0.25, -0.2) is 4.79 Å². The molecule has 0 fully saturated rings. The van der Waals surface area contributed by atoms with Crippen molar-refractivity contribution in [3.8, 4) is 5.75 Å². The largest absolute Gasteiger partial charge is 0.497 e. The molecule has 0 bridgehead atoms. The lowest BCUT2D eigenvalue weighted by atomic mass is 10.2. The highest BCUT2D eigenvalue weighted by molar-refractivity contribution is 5.96. The zero-order chi connectivity index (χ0) is 17.4. The van der Waals surface area contributed by atoms with E-state index in [0.717, 1.165) is 11.3 Å². The van der Waals surface area contributed by atoms with Gasteiger partial charge in [-0.15, -0.1) is 0 Å². The van der Waals surface area contributed by atoms with Gasteiger partial charge in [-0.05, 0) is 42.8 Å². The number of nitrogens with one attached hydrogen (secondary N) is 1. The molecule has 0 aliphatic carbocycles. The fraction of sp³-hybridized carbons (Fsp3) is 0.158. The molecule has 2 aromatic rings. The number of methoxy groups -OCH3 is 1. The van der Waals surface area contributed by atoms with Gasteiger partial charge in [0.1, 0.15) is 5.75 Å². The highest BCUT2D eigenvalue weighted by atomic mass is 16.5. The van der Waals surface area contributed by atoms with Crippen molar-refractivity contribution >= 4 is 23.6 Å². The van der Waals surface area contributed by atoms with E-state index in [0.29, 0.717) is 5.69 Å². The number of hydrogen-bond donors (Lipinski definition) is 1. The maximum Gasteiger partial charge on any atom is 0.331 e. The highest BCUT2D eigenvalue weighted by Crippen LogP contribution is 2.12. The number of ether oxygens (including phenoxy) is 2. The second kappa shape index (κ2) is 8.53. The van der Waals surface area contributed by atoms with Crippen LogP contribution in [0.3, 0.4) is 0 Å². The van der Waals surface area contributed by atoms with E-state index in [2.05, 4.69) is 5.32 Å². The van der Waals surface area contributed by atoms with E-state index in [1.165, 1.54) is 13.0 Å². The van der Waals surface area contributed by atoms with Crippen molar-refractivity contribution in [3.63, 3.8) is 0 Å². The molecule has 0 heterocycles. The lowest BCUT2D eigenvalue weighted by Crippen LogP contribution is -2.29. The molecular formula is C19H19NO4. The van der Waals surface area contributed by atoms with Gasteiger partial charge in [0.15, 0.2) is 6.10 Å². The summed E-state index contributed by atoms with van der Waals surface area (Å²) in [6, 6.07) is 16.2. The predicted octanol–water partition coefficient (Wildman–Crippen LogP) is 3.28. The summed E-state index contributed by atoms with van der Waals surface area (Å²) in [7, 11) is 1.59. The highest BCUT2D eigenvalue weighted by Gasteiger charge is 2.16. The van der Waals surface area contributed by atoms with E-state index in [9.17, 15) is 9.59 Å². The Morgan fingerprint density at radius 1 is 1.04 bits per heavy atom. The van der Waals surface area contributed by atoms with Crippen molar-refractivity contribution in [1.82, 2.24) is 0 Å². The Morgan fingerprint density at radius 2 is 1.71 bits per heavy atom. The third kappa shape index (κ3) is 5.28. The van der Waals surface area contributed by atoms with Crippen molar-refractivity contribution in [2.75, 3.05) is 12.4 Å². The van der Waals surface area contributed by atoms with E-state index in [-0.39, 0.29) is 5.91 Å². The van der Waals surface area contributed by atoms with Gasteiger partial charge in [-0.3, -0.25) is 4.79 Å². The maximum atomic E-state index is 12.0. The van der Waals surface area contributed by atoms with Crippen LogP contribution in [0.25, 0.3) is 6.08 Å². The zero-order valence-corrected chi connectivity index (χ0v) is 13.6. The molecule has 2 aromatic carbocycles. The molecule has 1 N–H and O–H groups in total. The Balaban J connectivity index is 1.86. The number of amides is 1. The van der Waals surface area contributed by atoms with Gasteiger partial charge in [-0.2, -0.15) is 0 Å². The maximum absolute atomic E-state index is 12.0. The van der Waals surface area contributed by atoms with Gasteiger partial charge in [0.05, 0.1) is 7.11 Å². The van der Waals surface area contributed by atoms with E-state index in [1.807, 2.05) is 30.3 Å².